The van der Waals surface area contributed by atoms with Gasteiger partial charge < -0.3 is 9.80 Å². The van der Waals surface area contributed by atoms with Gasteiger partial charge in [-0.2, -0.15) is 0 Å². The first kappa shape index (κ1) is 18.0. The van der Waals surface area contributed by atoms with Crippen molar-refractivity contribution < 1.29 is 4.39 Å². The molecule has 7 heteroatoms. The molecule has 0 saturated carbocycles. The molecule has 6 nitrogen and oxygen atoms in total. The summed E-state index contributed by atoms with van der Waals surface area (Å²) >= 11 is 0. The van der Waals surface area contributed by atoms with Crippen LogP contribution >= 0.6 is 0 Å². The van der Waals surface area contributed by atoms with Gasteiger partial charge in [-0.05, 0) is 31.9 Å². The summed E-state index contributed by atoms with van der Waals surface area (Å²) in [4.78, 5) is 22.7. The first-order valence-electron chi connectivity index (χ1n) is 10.2. The maximum Gasteiger partial charge on any atom is 0.178 e. The quantitative estimate of drug-likeness (QED) is 0.678. The summed E-state index contributed by atoms with van der Waals surface area (Å²) in [5.74, 6) is 1.82. The van der Waals surface area contributed by atoms with E-state index in [2.05, 4.69) is 26.7 Å². The van der Waals surface area contributed by atoms with E-state index in [9.17, 15) is 4.39 Å². The molecule has 5 heterocycles. The highest BCUT2D eigenvalue weighted by molar-refractivity contribution is 5.54. The van der Waals surface area contributed by atoms with Crippen LogP contribution in [0.1, 0.15) is 37.1 Å². The van der Waals surface area contributed by atoms with Gasteiger partial charge in [0.1, 0.15) is 23.1 Å². The normalized spacial score (nSPS) is 18.8. The Bertz CT molecular complexity index is 1020. The van der Waals surface area contributed by atoms with Crippen LogP contribution in [0.25, 0.3) is 11.5 Å². The van der Waals surface area contributed by atoms with Gasteiger partial charge in [-0.25, -0.2) is 19.3 Å². The zero-order valence-electron chi connectivity index (χ0n) is 16.4. The molecular formula is C22H23FN6. The minimum absolute atomic E-state index is 0.0252. The molecule has 0 aromatic carbocycles. The third kappa shape index (κ3) is 3.41. The Morgan fingerprint density at radius 3 is 2.62 bits per heavy atom. The van der Waals surface area contributed by atoms with Crippen molar-refractivity contribution in [3.05, 3.63) is 59.8 Å². The summed E-state index contributed by atoms with van der Waals surface area (Å²) in [7, 11) is 0. The van der Waals surface area contributed by atoms with Crippen LogP contribution in [-0.2, 0) is 6.42 Å². The fraction of sp³-hybridized carbons (Fsp3) is 0.364. The van der Waals surface area contributed by atoms with E-state index in [-0.39, 0.29) is 11.9 Å². The lowest BCUT2D eigenvalue weighted by Gasteiger charge is -2.36. The van der Waals surface area contributed by atoms with E-state index in [4.69, 9.17) is 9.97 Å². The molecule has 3 aromatic heterocycles. The minimum Gasteiger partial charge on any atom is -0.356 e. The molecule has 0 aliphatic carbocycles. The van der Waals surface area contributed by atoms with E-state index in [1.165, 1.54) is 6.07 Å². The summed E-state index contributed by atoms with van der Waals surface area (Å²) in [5.41, 5.74) is 2.86. The number of hydrogen-bond donors (Lipinski definition) is 0. The molecule has 1 fully saturated rings. The van der Waals surface area contributed by atoms with E-state index in [1.54, 1.807) is 12.3 Å². The van der Waals surface area contributed by atoms with Crippen molar-refractivity contribution in [3.63, 3.8) is 0 Å². The second-order valence-electron chi connectivity index (χ2n) is 7.63. The van der Waals surface area contributed by atoms with E-state index in [1.807, 2.05) is 24.4 Å². The number of pyridine rings is 2. The lowest BCUT2D eigenvalue weighted by molar-refractivity contribution is 0.590. The number of fused-ring (bicyclic) bond motifs is 1. The molecule has 2 aliphatic rings. The SMILES string of the molecule is CC1c2cnc(-c3ccccn3)nc2CCN1c1cc(F)cc(N2CCCC2)n1. The Balaban J connectivity index is 1.45. The van der Waals surface area contributed by atoms with Crippen LogP contribution in [0, 0.1) is 5.82 Å². The van der Waals surface area contributed by atoms with Crippen molar-refractivity contribution in [3.8, 4) is 11.5 Å². The van der Waals surface area contributed by atoms with Crippen LogP contribution in [0.2, 0.25) is 0 Å². The van der Waals surface area contributed by atoms with E-state index < -0.39 is 0 Å². The average Bonchev–Trinajstić information content (AvgIpc) is 3.29. The Hall–Kier alpha value is -3.09. The molecule has 5 rings (SSSR count). The van der Waals surface area contributed by atoms with Crippen molar-refractivity contribution in [2.75, 3.05) is 29.4 Å². The maximum absolute atomic E-state index is 14.4. The van der Waals surface area contributed by atoms with E-state index >= 15 is 0 Å². The fourth-order valence-electron chi connectivity index (χ4n) is 4.22. The van der Waals surface area contributed by atoms with Gasteiger partial charge in [-0.3, -0.25) is 4.98 Å². The molecule has 1 atom stereocenters. The Morgan fingerprint density at radius 2 is 1.83 bits per heavy atom. The molecule has 0 bridgehead atoms. The average molecular weight is 390 g/mol. The Labute approximate surface area is 169 Å². The first-order chi connectivity index (χ1) is 14.2. The van der Waals surface area contributed by atoms with Crippen molar-refractivity contribution >= 4 is 11.6 Å². The second-order valence-corrected chi connectivity index (χ2v) is 7.63. The van der Waals surface area contributed by atoms with Gasteiger partial charge in [0, 0.05) is 56.1 Å². The van der Waals surface area contributed by atoms with Gasteiger partial charge in [-0.1, -0.05) is 6.07 Å². The van der Waals surface area contributed by atoms with Crippen LogP contribution in [-0.4, -0.2) is 39.6 Å². The largest absolute Gasteiger partial charge is 0.356 e. The molecule has 0 N–H and O–H groups in total. The summed E-state index contributed by atoms with van der Waals surface area (Å²) in [6.07, 6.45) is 6.66. The summed E-state index contributed by atoms with van der Waals surface area (Å²) in [6, 6.07) is 8.82. The summed E-state index contributed by atoms with van der Waals surface area (Å²) in [5, 5.41) is 0. The van der Waals surface area contributed by atoms with Gasteiger partial charge in [0.2, 0.25) is 0 Å². The van der Waals surface area contributed by atoms with Crippen molar-refractivity contribution in [1.29, 1.82) is 0 Å². The topological polar surface area (TPSA) is 58.0 Å². The van der Waals surface area contributed by atoms with Crippen molar-refractivity contribution in [1.82, 2.24) is 19.9 Å². The Morgan fingerprint density at radius 1 is 1.00 bits per heavy atom. The predicted octanol–water partition coefficient (Wildman–Crippen LogP) is 3.80. The predicted molar refractivity (Wildman–Crippen MR) is 110 cm³/mol. The monoisotopic (exact) mass is 390 g/mol. The van der Waals surface area contributed by atoms with E-state index in [0.29, 0.717) is 11.6 Å². The number of aromatic nitrogens is 4. The highest BCUT2D eigenvalue weighted by Gasteiger charge is 2.28. The minimum atomic E-state index is -0.239. The molecule has 1 saturated heterocycles. The second kappa shape index (κ2) is 7.39. The zero-order chi connectivity index (χ0) is 19.8. The third-order valence-electron chi connectivity index (χ3n) is 5.79. The van der Waals surface area contributed by atoms with Gasteiger partial charge in [-0.15, -0.1) is 0 Å². The number of nitrogens with zero attached hydrogens (tertiary/aromatic N) is 6. The molecule has 1 unspecified atom stereocenters. The third-order valence-corrected chi connectivity index (χ3v) is 5.79. The fourth-order valence-corrected chi connectivity index (χ4v) is 4.22. The van der Waals surface area contributed by atoms with Gasteiger partial charge in [0.05, 0.1) is 11.7 Å². The highest BCUT2D eigenvalue weighted by Crippen LogP contribution is 2.33. The lowest BCUT2D eigenvalue weighted by atomic mass is 9.99. The van der Waals surface area contributed by atoms with E-state index in [0.717, 1.165) is 61.7 Å². The highest BCUT2D eigenvalue weighted by atomic mass is 19.1. The lowest BCUT2D eigenvalue weighted by Crippen LogP contribution is -2.35. The van der Waals surface area contributed by atoms with Crippen molar-refractivity contribution in [2.24, 2.45) is 0 Å². The van der Waals surface area contributed by atoms with Crippen LogP contribution < -0.4 is 9.80 Å². The Kier molecular flexibility index (Phi) is 4.58. The molecule has 0 amide bonds. The molecular weight excluding hydrogens is 367 g/mol. The van der Waals surface area contributed by atoms with Crippen LogP contribution in [0.4, 0.5) is 16.0 Å². The summed E-state index contributed by atoms with van der Waals surface area (Å²) in [6.45, 7) is 4.73. The summed E-state index contributed by atoms with van der Waals surface area (Å²) < 4.78 is 14.4. The number of anilines is 2. The van der Waals surface area contributed by atoms with Gasteiger partial charge >= 0.3 is 0 Å². The number of rotatable bonds is 3. The molecule has 3 aromatic rings. The molecule has 148 valence electrons. The van der Waals surface area contributed by atoms with Crippen LogP contribution in [0.3, 0.4) is 0 Å². The van der Waals surface area contributed by atoms with Crippen molar-refractivity contribution in [2.45, 2.75) is 32.2 Å². The zero-order valence-corrected chi connectivity index (χ0v) is 16.4. The molecule has 0 spiro atoms. The smallest absolute Gasteiger partial charge is 0.178 e. The molecule has 0 radical (unpaired) electrons. The van der Waals surface area contributed by atoms with Crippen LogP contribution in [0.5, 0.6) is 0 Å². The first-order valence-corrected chi connectivity index (χ1v) is 10.2. The molecule has 2 aliphatic heterocycles. The van der Waals surface area contributed by atoms with Crippen LogP contribution in [0.15, 0.2) is 42.7 Å². The number of halogens is 1. The standard InChI is InChI=1S/C22H23FN6/c1-15-17-14-25-22(19-6-2-3-8-24-19)26-18(17)7-11-29(15)21-13-16(23)12-20(27-21)28-9-4-5-10-28/h2-3,6,8,12-15H,4-5,7,9-11H2,1H3. The molecule has 29 heavy (non-hydrogen) atoms. The van der Waals surface area contributed by atoms with Gasteiger partial charge in [0.25, 0.3) is 0 Å². The maximum atomic E-state index is 14.4. The van der Waals surface area contributed by atoms with Gasteiger partial charge in [0.15, 0.2) is 5.82 Å². The number of hydrogen-bond acceptors (Lipinski definition) is 6.